The molecule has 2 aromatic carbocycles. The molecule has 1 atom stereocenters. The maximum atomic E-state index is 5.72. The van der Waals surface area contributed by atoms with Gasteiger partial charge in [-0.3, -0.25) is 0 Å². The lowest BCUT2D eigenvalue weighted by molar-refractivity contribution is 0.171. The van der Waals surface area contributed by atoms with Crippen molar-refractivity contribution in [2.45, 2.75) is 13.0 Å². The van der Waals surface area contributed by atoms with Crippen molar-refractivity contribution in [2.75, 3.05) is 25.1 Å². The smallest absolute Gasteiger partial charge is 0.247 e. The van der Waals surface area contributed by atoms with Gasteiger partial charge in [-0.15, -0.1) is 5.10 Å². The highest BCUT2D eigenvalue weighted by Gasteiger charge is 2.15. The van der Waals surface area contributed by atoms with Gasteiger partial charge in [-0.05, 0) is 61.5 Å². The summed E-state index contributed by atoms with van der Waals surface area (Å²) in [5.41, 5.74) is 9.10. The number of fused-ring (bicyclic) bond motifs is 2. The SMILES string of the molecule is C[C@H](CN)Oc1ccc(Nc2nc3cccc(-c4ccc5c(c4)OCCO5)n3n2)cc1. The van der Waals surface area contributed by atoms with Crippen LogP contribution in [-0.4, -0.2) is 40.5 Å². The Bertz CT molecular complexity index is 1210. The number of nitrogens with zero attached hydrogens (tertiary/aromatic N) is 3. The number of hydrogen-bond donors (Lipinski definition) is 2. The molecule has 4 aromatic rings. The van der Waals surface area contributed by atoms with E-state index in [9.17, 15) is 0 Å². The molecule has 3 N–H and O–H groups in total. The van der Waals surface area contributed by atoms with Gasteiger partial charge in [0.05, 0.1) is 5.69 Å². The third-order valence-corrected chi connectivity index (χ3v) is 4.98. The van der Waals surface area contributed by atoms with Crippen molar-refractivity contribution >= 4 is 17.3 Å². The largest absolute Gasteiger partial charge is 0.489 e. The van der Waals surface area contributed by atoms with Crippen molar-refractivity contribution in [3.05, 3.63) is 60.7 Å². The van der Waals surface area contributed by atoms with E-state index < -0.39 is 0 Å². The highest BCUT2D eigenvalue weighted by atomic mass is 16.6. The second kappa shape index (κ2) is 8.16. The maximum absolute atomic E-state index is 5.72. The first-order chi connectivity index (χ1) is 15.2. The summed E-state index contributed by atoms with van der Waals surface area (Å²) >= 11 is 0. The van der Waals surface area contributed by atoms with Crippen LogP contribution < -0.4 is 25.3 Å². The first-order valence-corrected chi connectivity index (χ1v) is 10.2. The number of hydrogen-bond acceptors (Lipinski definition) is 7. The second-order valence-corrected chi connectivity index (χ2v) is 7.29. The molecule has 0 aliphatic carbocycles. The lowest BCUT2D eigenvalue weighted by atomic mass is 10.1. The first kappa shape index (κ1) is 19.2. The van der Waals surface area contributed by atoms with Crippen molar-refractivity contribution in [2.24, 2.45) is 5.73 Å². The predicted octanol–water partition coefficient (Wildman–Crippen LogP) is 3.64. The van der Waals surface area contributed by atoms with Gasteiger partial charge in [-0.25, -0.2) is 4.52 Å². The maximum Gasteiger partial charge on any atom is 0.247 e. The van der Waals surface area contributed by atoms with Gasteiger partial charge in [0.15, 0.2) is 17.1 Å². The van der Waals surface area contributed by atoms with Crippen molar-refractivity contribution < 1.29 is 14.2 Å². The molecule has 0 bridgehead atoms. The zero-order valence-corrected chi connectivity index (χ0v) is 17.1. The molecule has 0 radical (unpaired) electrons. The minimum absolute atomic E-state index is 0.0297. The monoisotopic (exact) mass is 417 g/mol. The summed E-state index contributed by atoms with van der Waals surface area (Å²) in [6.07, 6.45) is -0.0297. The third-order valence-electron chi connectivity index (χ3n) is 4.98. The molecular formula is C23H23N5O3. The first-order valence-electron chi connectivity index (χ1n) is 10.2. The molecule has 3 heterocycles. The van der Waals surface area contributed by atoms with E-state index in [4.69, 9.17) is 19.9 Å². The van der Waals surface area contributed by atoms with Crippen LogP contribution in [0.25, 0.3) is 16.9 Å². The molecule has 0 saturated heterocycles. The van der Waals surface area contributed by atoms with Crippen LogP contribution in [0.5, 0.6) is 17.2 Å². The fourth-order valence-corrected chi connectivity index (χ4v) is 3.41. The van der Waals surface area contributed by atoms with Crippen molar-refractivity contribution in [3.8, 4) is 28.5 Å². The Morgan fingerprint density at radius 1 is 1.06 bits per heavy atom. The topological polar surface area (TPSA) is 95.9 Å². The van der Waals surface area contributed by atoms with Crippen LogP contribution in [0.1, 0.15) is 6.92 Å². The van der Waals surface area contributed by atoms with Gasteiger partial charge in [0, 0.05) is 17.8 Å². The van der Waals surface area contributed by atoms with Crippen molar-refractivity contribution in [1.29, 1.82) is 0 Å². The van der Waals surface area contributed by atoms with Crippen LogP contribution in [0.4, 0.5) is 11.6 Å². The molecule has 0 unspecified atom stereocenters. The molecule has 8 heteroatoms. The Labute approximate surface area is 179 Å². The molecule has 0 amide bonds. The van der Waals surface area contributed by atoms with Gasteiger partial charge in [-0.2, -0.15) is 4.98 Å². The number of benzene rings is 2. The molecule has 0 spiro atoms. The molecule has 1 aliphatic rings. The Balaban J connectivity index is 1.41. The molecule has 5 rings (SSSR count). The van der Waals surface area contributed by atoms with Gasteiger partial charge < -0.3 is 25.3 Å². The van der Waals surface area contributed by atoms with Crippen LogP contribution >= 0.6 is 0 Å². The zero-order valence-electron chi connectivity index (χ0n) is 17.1. The van der Waals surface area contributed by atoms with Crippen molar-refractivity contribution in [1.82, 2.24) is 14.6 Å². The minimum Gasteiger partial charge on any atom is -0.489 e. The average molecular weight is 417 g/mol. The van der Waals surface area contributed by atoms with E-state index in [0.29, 0.717) is 25.7 Å². The number of pyridine rings is 1. The number of anilines is 2. The summed E-state index contributed by atoms with van der Waals surface area (Å²) in [7, 11) is 0. The van der Waals surface area contributed by atoms with Gasteiger partial charge in [0.1, 0.15) is 25.1 Å². The van der Waals surface area contributed by atoms with E-state index in [0.717, 1.165) is 39.8 Å². The molecule has 0 fully saturated rings. The van der Waals surface area contributed by atoms with Crippen LogP contribution in [0.2, 0.25) is 0 Å². The highest BCUT2D eigenvalue weighted by Crippen LogP contribution is 2.34. The Kier molecular flexibility index (Phi) is 5.05. The van der Waals surface area contributed by atoms with Gasteiger partial charge in [0.2, 0.25) is 5.95 Å². The van der Waals surface area contributed by atoms with Crippen molar-refractivity contribution in [3.63, 3.8) is 0 Å². The number of ether oxygens (including phenoxy) is 3. The normalized spacial score (nSPS) is 13.7. The van der Waals surface area contributed by atoms with E-state index in [1.807, 2.05) is 72.1 Å². The van der Waals surface area contributed by atoms with E-state index in [1.54, 1.807) is 0 Å². The summed E-state index contributed by atoms with van der Waals surface area (Å²) in [6, 6.07) is 19.4. The van der Waals surface area contributed by atoms with Gasteiger partial charge in [-0.1, -0.05) is 6.07 Å². The fourth-order valence-electron chi connectivity index (χ4n) is 3.41. The quantitative estimate of drug-likeness (QED) is 0.494. The summed E-state index contributed by atoms with van der Waals surface area (Å²) in [6.45, 7) is 3.52. The third kappa shape index (κ3) is 3.97. The lowest BCUT2D eigenvalue weighted by Crippen LogP contribution is -2.22. The van der Waals surface area contributed by atoms with E-state index in [-0.39, 0.29) is 6.10 Å². The fraction of sp³-hybridized carbons (Fsp3) is 0.217. The second-order valence-electron chi connectivity index (χ2n) is 7.29. The number of nitrogens with two attached hydrogens (primary N) is 1. The summed E-state index contributed by atoms with van der Waals surface area (Å²) in [4.78, 5) is 4.60. The molecule has 8 nitrogen and oxygen atoms in total. The molecule has 2 aromatic heterocycles. The van der Waals surface area contributed by atoms with E-state index in [1.165, 1.54) is 0 Å². The molecule has 158 valence electrons. The lowest BCUT2D eigenvalue weighted by Gasteiger charge is -2.19. The molecular weight excluding hydrogens is 394 g/mol. The van der Waals surface area contributed by atoms with Crippen LogP contribution in [-0.2, 0) is 0 Å². The average Bonchev–Trinajstić information content (AvgIpc) is 3.22. The predicted molar refractivity (Wildman–Crippen MR) is 118 cm³/mol. The summed E-state index contributed by atoms with van der Waals surface area (Å²) in [5, 5.41) is 7.90. The van der Waals surface area contributed by atoms with Crippen LogP contribution in [0, 0.1) is 0 Å². The number of aromatic nitrogens is 3. The summed E-state index contributed by atoms with van der Waals surface area (Å²) < 4.78 is 18.9. The van der Waals surface area contributed by atoms with Gasteiger partial charge in [0.25, 0.3) is 0 Å². The molecule has 1 aliphatic heterocycles. The zero-order chi connectivity index (χ0) is 21.2. The Morgan fingerprint density at radius 3 is 2.68 bits per heavy atom. The Hall–Kier alpha value is -3.78. The minimum atomic E-state index is -0.0297. The summed E-state index contributed by atoms with van der Waals surface area (Å²) in [5.74, 6) is 2.78. The van der Waals surface area contributed by atoms with Crippen LogP contribution in [0.3, 0.4) is 0 Å². The highest BCUT2D eigenvalue weighted by molar-refractivity contribution is 5.68. The Morgan fingerprint density at radius 2 is 1.87 bits per heavy atom. The number of nitrogens with one attached hydrogen (secondary N) is 1. The van der Waals surface area contributed by atoms with E-state index in [2.05, 4.69) is 15.4 Å². The molecule has 0 saturated carbocycles. The van der Waals surface area contributed by atoms with Gasteiger partial charge >= 0.3 is 0 Å². The van der Waals surface area contributed by atoms with Crippen LogP contribution in [0.15, 0.2) is 60.7 Å². The standard InChI is InChI=1S/C23H23N5O3/c1-15(14-24)31-18-8-6-17(7-9-18)25-23-26-22-4-2-3-19(28(22)27-23)16-5-10-20-21(13-16)30-12-11-29-20/h2-10,13,15H,11-12,14,24H2,1H3,(H,25,27)/t15-/m1/s1. The molecule has 31 heavy (non-hydrogen) atoms. The van der Waals surface area contributed by atoms with E-state index >= 15 is 0 Å². The number of rotatable bonds is 6.